The quantitative estimate of drug-likeness (QED) is 0.119. The first-order valence-corrected chi connectivity index (χ1v) is 13.1. The molecule has 2 aromatic heterocycles. The zero-order valence-corrected chi connectivity index (χ0v) is 22.2. The second-order valence-corrected chi connectivity index (χ2v) is 10.6. The molecule has 1 aliphatic carbocycles. The summed E-state index contributed by atoms with van der Waals surface area (Å²) in [5, 5.41) is 12.7. The molecule has 4 aromatic rings. The minimum Gasteiger partial charge on any atom is -0.313 e. The largest absolute Gasteiger partial charge is 0.313 e. The summed E-state index contributed by atoms with van der Waals surface area (Å²) < 4.78 is 3.94. The Morgan fingerprint density at radius 2 is 1.89 bits per heavy atom. The summed E-state index contributed by atoms with van der Waals surface area (Å²) in [5.41, 5.74) is 15.5. The molecular weight excluding hydrogens is 460 g/mol. The van der Waals surface area contributed by atoms with Gasteiger partial charge in [-0.1, -0.05) is 74.5 Å². The Kier molecular flexibility index (Phi) is 6.76. The monoisotopic (exact) mass is 498 g/mol. The average molecular weight is 499 g/mol. The van der Waals surface area contributed by atoms with Gasteiger partial charge in [0.25, 0.3) is 0 Å². The van der Waals surface area contributed by atoms with E-state index in [2.05, 4.69) is 100 Å². The van der Waals surface area contributed by atoms with E-state index in [4.69, 9.17) is 11.6 Å². The van der Waals surface area contributed by atoms with Crippen molar-refractivity contribution in [2.24, 2.45) is 17.0 Å². The molecule has 0 amide bonds. The molecule has 0 bridgehead atoms. The molecule has 0 fully saturated rings. The van der Waals surface area contributed by atoms with E-state index in [1.807, 2.05) is 19.9 Å². The molecule has 3 unspecified atom stereocenters. The van der Waals surface area contributed by atoms with Crippen molar-refractivity contribution in [2.45, 2.75) is 65.3 Å². The van der Waals surface area contributed by atoms with Crippen LogP contribution in [0.3, 0.4) is 0 Å². The molecule has 0 spiro atoms. The lowest BCUT2D eigenvalue weighted by Gasteiger charge is -2.43. The molecule has 8 nitrogen and oxygen atoms in total. The zero-order chi connectivity index (χ0) is 26.2. The number of hydrazine groups is 1. The molecule has 1 aliphatic rings. The average Bonchev–Trinajstić information content (AvgIpc) is 3.59. The maximum Gasteiger partial charge on any atom is 0.158 e. The van der Waals surface area contributed by atoms with Gasteiger partial charge in [0.1, 0.15) is 5.82 Å². The smallest absolute Gasteiger partial charge is 0.158 e. The summed E-state index contributed by atoms with van der Waals surface area (Å²) in [6.45, 7) is 9.10. The van der Waals surface area contributed by atoms with Gasteiger partial charge in [0.15, 0.2) is 5.65 Å². The lowest BCUT2D eigenvalue weighted by Crippen LogP contribution is -2.63. The van der Waals surface area contributed by atoms with Crippen LogP contribution in [0, 0.1) is 12.3 Å². The molecule has 2 aromatic carbocycles. The molecule has 3 atom stereocenters. The lowest BCUT2D eigenvalue weighted by atomic mass is 9.77. The highest BCUT2D eigenvalue weighted by Gasteiger charge is 2.42. The predicted octanol–water partition coefficient (Wildman–Crippen LogP) is 4.20. The predicted molar refractivity (Wildman–Crippen MR) is 148 cm³/mol. The van der Waals surface area contributed by atoms with Gasteiger partial charge in [-0.25, -0.2) is 5.43 Å². The zero-order valence-electron chi connectivity index (χ0n) is 22.2. The molecule has 194 valence electrons. The second-order valence-electron chi connectivity index (χ2n) is 10.6. The van der Waals surface area contributed by atoms with Gasteiger partial charge in [-0.05, 0) is 55.4 Å². The Hall–Kier alpha value is -3.30. The molecule has 37 heavy (non-hydrogen) atoms. The number of rotatable bonds is 9. The highest BCUT2D eigenvalue weighted by Crippen LogP contribution is 2.40. The van der Waals surface area contributed by atoms with Crippen molar-refractivity contribution in [3.05, 3.63) is 89.4 Å². The Labute approximate surface area is 218 Å². The van der Waals surface area contributed by atoms with Crippen molar-refractivity contribution in [1.82, 2.24) is 30.1 Å². The molecule has 0 saturated heterocycles. The van der Waals surface area contributed by atoms with Gasteiger partial charge in [-0.15, -0.1) is 9.73 Å². The summed E-state index contributed by atoms with van der Waals surface area (Å²) in [7, 11) is 0. The van der Waals surface area contributed by atoms with Crippen LogP contribution in [0.25, 0.3) is 16.8 Å². The van der Waals surface area contributed by atoms with E-state index in [1.165, 1.54) is 5.56 Å². The fourth-order valence-electron chi connectivity index (χ4n) is 5.29. The van der Waals surface area contributed by atoms with Gasteiger partial charge >= 0.3 is 0 Å². The van der Waals surface area contributed by atoms with Crippen LogP contribution in [0.4, 0.5) is 0 Å². The fraction of sp³-hybridized carbons (Fsp3) is 0.379. The molecule has 8 heteroatoms. The minimum absolute atomic E-state index is 0.150. The molecule has 0 aliphatic heterocycles. The Morgan fingerprint density at radius 3 is 2.57 bits per heavy atom. The molecular formula is C29H38N8. The van der Waals surface area contributed by atoms with Crippen molar-refractivity contribution in [1.29, 1.82) is 0 Å². The van der Waals surface area contributed by atoms with E-state index in [0.29, 0.717) is 0 Å². The fourth-order valence-corrected chi connectivity index (χ4v) is 5.29. The number of benzene rings is 2. The van der Waals surface area contributed by atoms with Crippen LogP contribution >= 0.6 is 0 Å². The minimum atomic E-state index is -0.646. The van der Waals surface area contributed by atoms with Crippen molar-refractivity contribution < 1.29 is 0 Å². The lowest BCUT2D eigenvalue weighted by molar-refractivity contribution is 0.144. The van der Waals surface area contributed by atoms with Crippen molar-refractivity contribution in [3.63, 3.8) is 0 Å². The van der Waals surface area contributed by atoms with Gasteiger partial charge in [0.05, 0.1) is 24.1 Å². The highest BCUT2D eigenvalue weighted by atomic mass is 15.5. The van der Waals surface area contributed by atoms with Crippen molar-refractivity contribution >= 4 is 5.65 Å². The number of nitrogens with zero attached hydrogens (tertiary/aromatic N) is 4. The van der Waals surface area contributed by atoms with Crippen LogP contribution < -0.4 is 22.3 Å². The van der Waals surface area contributed by atoms with E-state index in [9.17, 15) is 0 Å². The van der Waals surface area contributed by atoms with Gasteiger partial charge in [-0.3, -0.25) is 11.2 Å². The van der Waals surface area contributed by atoms with E-state index in [-0.39, 0.29) is 11.6 Å². The van der Waals surface area contributed by atoms with E-state index in [0.717, 1.165) is 59.7 Å². The summed E-state index contributed by atoms with van der Waals surface area (Å²) in [5.74, 6) is 7.01. The Morgan fingerprint density at radius 1 is 1.14 bits per heavy atom. The van der Waals surface area contributed by atoms with Gasteiger partial charge in [0, 0.05) is 11.5 Å². The number of aromatic nitrogens is 4. The van der Waals surface area contributed by atoms with Crippen LogP contribution in [0.1, 0.15) is 62.4 Å². The maximum atomic E-state index is 6.83. The highest BCUT2D eigenvalue weighted by molar-refractivity contribution is 5.68. The standard InChI is InChI=1S/C29H38N8/c1-5-23-18-26-36(20(2)34-37(26)35-23)19-21-12-14-22(15-13-21)24-10-6-7-11-25(24)27(33-31)32-29(4,30)28(3)16-8-9-17-28/h6-8,10-16,18,27,32-33H,5,9,17,19,30-31H2,1-4H3. The van der Waals surface area contributed by atoms with Crippen LogP contribution in [0.2, 0.25) is 0 Å². The summed E-state index contributed by atoms with van der Waals surface area (Å²) in [6, 6.07) is 19.1. The SMILES string of the molecule is CCc1cc2n(Cc3ccc(-c4ccccc4C(NN)NC(C)(N)C4(C)C=CCC4)cc3)c(C)nn2n1. The Bertz CT molecular complexity index is 1410. The van der Waals surface area contributed by atoms with E-state index >= 15 is 0 Å². The molecule has 0 radical (unpaired) electrons. The number of aryl methyl sites for hydroxylation is 2. The third-order valence-electron chi connectivity index (χ3n) is 7.98. The molecule has 0 saturated carbocycles. The van der Waals surface area contributed by atoms with E-state index in [1.54, 1.807) is 4.63 Å². The van der Waals surface area contributed by atoms with Gasteiger partial charge in [0.2, 0.25) is 0 Å². The second kappa shape index (κ2) is 9.87. The van der Waals surface area contributed by atoms with Crippen LogP contribution in [-0.4, -0.2) is 25.1 Å². The van der Waals surface area contributed by atoms with Crippen LogP contribution in [-0.2, 0) is 13.0 Å². The Balaban J connectivity index is 1.40. The number of allylic oxidation sites excluding steroid dienone is 1. The number of nitrogens with one attached hydrogen (secondary N) is 2. The number of nitrogens with two attached hydrogens (primary N) is 2. The molecule has 6 N–H and O–H groups in total. The normalized spacial score (nSPS) is 19.9. The maximum absolute atomic E-state index is 6.83. The first kappa shape index (κ1) is 25.4. The van der Waals surface area contributed by atoms with Crippen LogP contribution in [0.5, 0.6) is 0 Å². The number of hydrogen-bond donors (Lipinski definition) is 4. The van der Waals surface area contributed by atoms with Crippen LogP contribution in [0.15, 0.2) is 66.7 Å². The topological polar surface area (TPSA) is 111 Å². The summed E-state index contributed by atoms with van der Waals surface area (Å²) in [4.78, 5) is 0. The van der Waals surface area contributed by atoms with Gasteiger partial charge < -0.3 is 10.3 Å². The number of hydrogen-bond acceptors (Lipinski definition) is 6. The van der Waals surface area contributed by atoms with Gasteiger partial charge in [-0.2, -0.15) is 5.10 Å². The number of fused-ring (bicyclic) bond motifs is 1. The van der Waals surface area contributed by atoms with Crippen molar-refractivity contribution in [2.75, 3.05) is 0 Å². The first-order valence-electron chi connectivity index (χ1n) is 13.1. The third-order valence-corrected chi connectivity index (χ3v) is 7.98. The summed E-state index contributed by atoms with van der Waals surface area (Å²) in [6.07, 6.45) is 7.06. The third kappa shape index (κ3) is 4.73. The molecule has 2 heterocycles. The summed E-state index contributed by atoms with van der Waals surface area (Å²) >= 11 is 0. The van der Waals surface area contributed by atoms with E-state index < -0.39 is 5.66 Å². The first-order chi connectivity index (χ1) is 17.7. The van der Waals surface area contributed by atoms with Crippen molar-refractivity contribution in [3.8, 4) is 11.1 Å². The molecule has 5 rings (SSSR count).